The van der Waals surface area contributed by atoms with Crippen LogP contribution in [0.5, 0.6) is 11.5 Å². The Balaban J connectivity index is 1.78. The van der Waals surface area contributed by atoms with E-state index in [0.29, 0.717) is 25.4 Å². The van der Waals surface area contributed by atoms with E-state index < -0.39 is 5.97 Å². The molecule has 0 spiro atoms. The third-order valence-corrected chi connectivity index (χ3v) is 3.91. The maximum absolute atomic E-state index is 10.9. The molecule has 0 unspecified atom stereocenters. The van der Waals surface area contributed by atoms with Crippen LogP contribution in [0.25, 0.3) is 0 Å². The molecule has 0 saturated carbocycles. The minimum Gasteiger partial charge on any atom is -0.493 e. The van der Waals surface area contributed by atoms with Crippen molar-refractivity contribution in [3.63, 3.8) is 0 Å². The lowest BCUT2D eigenvalue weighted by Crippen LogP contribution is -2.06. The Morgan fingerprint density at radius 3 is 2.26 bits per heavy atom. The minimum atomic E-state index is -0.965. The Morgan fingerprint density at radius 1 is 1.04 bits per heavy atom. The number of hydrogen-bond donors (Lipinski definition) is 1. The monoisotopic (exact) mass is 334 g/mol. The summed E-state index contributed by atoms with van der Waals surface area (Å²) in [6.45, 7) is 4.86. The fourth-order valence-electron chi connectivity index (χ4n) is 2.15. The number of benzene rings is 2. The van der Waals surface area contributed by atoms with E-state index in [0.717, 1.165) is 21.9 Å². The summed E-state index contributed by atoms with van der Waals surface area (Å²) < 4.78 is 11.2. The number of rotatable bonds is 7. The van der Waals surface area contributed by atoms with E-state index in [1.165, 1.54) is 12.1 Å². The van der Waals surface area contributed by atoms with Crippen LogP contribution >= 0.6 is 11.6 Å². The van der Waals surface area contributed by atoms with Crippen molar-refractivity contribution < 1.29 is 19.4 Å². The van der Waals surface area contributed by atoms with Crippen LogP contribution in [0.15, 0.2) is 36.4 Å². The average Bonchev–Trinajstić information content (AvgIpc) is 2.52. The number of aromatic carboxylic acids is 1. The van der Waals surface area contributed by atoms with Gasteiger partial charge in [-0.1, -0.05) is 17.7 Å². The zero-order valence-corrected chi connectivity index (χ0v) is 13.9. The number of carboxylic acid groups (broad SMARTS) is 1. The Labute approximate surface area is 140 Å². The molecule has 0 aliphatic heterocycles. The second-order valence-electron chi connectivity index (χ2n) is 5.25. The molecule has 5 heteroatoms. The summed E-state index contributed by atoms with van der Waals surface area (Å²) in [4.78, 5) is 10.9. The van der Waals surface area contributed by atoms with Crippen molar-refractivity contribution in [2.24, 2.45) is 0 Å². The smallest absolute Gasteiger partial charge is 0.335 e. The second-order valence-corrected chi connectivity index (χ2v) is 5.63. The lowest BCUT2D eigenvalue weighted by atomic mass is 10.1. The van der Waals surface area contributed by atoms with Gasteiger partial charge in [0.2, 0.25) is 0 Å². The minimum absolute atomic E-state index is 0.214. The summed E-state index contributed by atoms with van der Waals surface area (Å²) >= 11 is 6.12. The number of carboxylic acids is 1. The molecule has 0 aliphatic rings. The highest BCUT2D eigenvalue weighted by Gasteiger charge is 2.05. The Morgan fingerprint density at radius 2 is 1.65 bits per heavy atom. The van der Waals surface area contributed by atoms with Crippen LogP contribution in [0.3, 0.4) is 0 Å². The van der Waals surface area contributed by atoms with Gasteiger partial charge in [0.1, 0.15) is 11.5 Å². The SMILES string of the molecule is Cc1cc(OCCCOc2cccc(C(=O)O)c2)cc(C)c1Cl. The average molecular weight is 335 g/mol. The van der Waals surface area contributed by atoms with Gasteiger partial charge in [-0.05, 0) is 55.3 Å². The molecule has 1 N–H and O–H groups in total. The molecule has 122 valence electrons. The van der Waals surface area contributed by atoms with Crippen molar-refractivity contribution in [1.29, 1.82) is 0 Å². The fourth-order valence-corrected chi connectivity index (χ4v) is 2.26. The molecule has 4 nitrogen and oxygen atoms in total. The summed E-state index contributed by atoms with van der Waals surface area (Å²) in [7, 11) is 0. The van der Waals surface area contributed by atoms with Gasteiger partial charge in [-0.25, -0.2) is 4.79 Å². The highest BCUT2D eigenvalue weighted by molar-refractivity contribution is 6.32. The summed E-state index contributed by atoms with van der Waals surface area (Å²) in [6.07, 6.45) is 0.692. The van der Waals surface area contributed by atoms with Crippen LogP contribution in [0.1, 0.15) is 27.9 Å². The van der Waals surface area contributed by atoms with Crippen molar-refractivity contribution in [3.05, 3.63) is 58.1 Å². The van der Waals surface area contributed by atoms with Crippen LogP contribution in [-0.4, -0.2) is 24.3 Å². The quantitative estimate of drug-likeness (QED) is 0.757. The first-order chi connectivity index (χ1) is 11.0. The van der Waals surface area contributed by atoms with E-state index in [1.54, 1.807) is 12.1 Å². The maximum atomic E-state index is 10.9. The molecule has 0 heterocycles. The van der Waals surface area contributed by atoms with E-state index in [4.69, 9.17) is 26.2 Å². The summed E-state index contributed by atoms with van der Waals surface area (Å²) in [5.74, 6) is 0.368. The number of aryl methyl sites for hydroxylation is 2. The van der Waals surface area contributed by atoms with E-state index in [1.807, 2.05) is 26.0 Å². The first-order valence-electron chi connectivity index (χ1n) is 7.33. The van der Waals surface area contributed by atoms with Crippen LogP contribution in [0.4, 0.5) is 0 Å². The molecular formula is C18H19ClO4. The lowest BCUT2D eigenvalue weighted by Gasteiger charge is -2.11. The molecule has 0 aromatic heterocycles. The van der Waals surface area contributed by atoms with E-state index >= 15 is 0 Å². The van der Waals surface area contributed by atoms with Gasteiger partial charge in [0.15, 0.2) is 0 Å². The Kier molecular flexibility index (Phi) is 5.88. The topological polar surface area (TPSA) is 55.8 Å². The molecule has 0 bridgehead atoms. The Hall–Kier alpha value is -2.20. The van der Waals surface area contributed by atoms with Crippen molar-refractivity contribution in [3.8, 4) is 11.5 Å². The van der Waals surface area contributed by atoms with Crippen LogP contribution < -0.4 is 9.47 Å². The summed E-state index contributed by atoms with van der Waals surface area (Å²) in [6, 6.07) is 10.3. The number of carbonyl (C=O) groups is 1. The van der Waals surface area contributed by atoms with Gasteiger partial charge in [0.25, 0.3) is 0 Å². The molecule has 0 amide bonds. The summed E-state index contributed by atoms with van der Waals surface area (Å²) in [5.41, 5.74) is 2.19. The zero-order valence-electron chi connectivity index (χ0n) is 13.1. The van der Waals surface area contributed by atoms with Gasteiger partial charge in [-0.15, -0.1) is 0 Å². The number of halogens is 1. The number of ether oxygens (including phenoxy) is 2. The largest absolute Gasteiger partial charge is 0.493 e. The molecule has 0 radical (unpaired) electrons. The van der Waals surface area contributed by atoms with Gasteiger partial charge in [-0.3, -0.25) is 0 Å². The van der Waals surface area contributed by atoms with E-state index in [2.05, 4.69) is 0 Å². The molecule has 2 aromatic rings. The summed E-state index contributed by atoms with van der Waals surface area (Å²) in [5, 5.41) is 9.69. The third kappa shape index (κ3) is 4.89. The molecule has 23 heavy (non-hydrogen) atoms. The highest BCUT2D eigenvalue weighted by atomic mass is 35.5. The van der Waals surface area contributed by atoms with E-state index in [9.17, 15) is 4.79 Å². The maximum Gasteiger partial charge on any atom is 0.335 e. The van der Waals surface area contributed by atoms with Crippen LogP contribution in [-0.2, 0) is 0 Å². The predicted molar refractivity (Wildman–Crippen MR) is 89.9 cm³/mol. The third-order valence-electron chi connectivity index (χ3n) is 3.32. The Bertz CT molecular complexity index is 674. The van der Waals surface area contributed by atoms with Gasteiger partial charge >= 0.3 is 5.97 Å². The van der Waals surface area contributed by atoms with Gasteiger partial charge in [0, 0.05) is 11.4 Å². The standard InChI is InChI=1S/C18H19ClO4/c1-12-9-16(10-13(2)17(12)19)23-8-4-7-22-15-6-3-5-14(11-15)18(20)21/h3,5-6,9-11H,4,7-8H2,1-2H3,(H,20,21). The molecule has 2 rings (SSSR count). The normalized spacial score (nSPS) is 10.4. The molecule has 2 aromatic carbocycles. The molecule has 0 saturated heterocycles. The molecule has 0 atom stereocenters. The highest BCUT2D eigenvalue weighted by Crippen LogP contribution is 2.25. The molecule has 0 fully saturated rings. The first kappa shape index (κ1) is 17.2. The van der Waals surface area contributed by atoms with Crippen molar-refractivity contribution in [2.45, 2.75) is 20.3 Å². The molecular weight excluding hydrogens is 316 g/mol. The van der Waals surface area contributed by atoms with Crippen molar-refractivity contribution in [2.75, 3.05) is 13.2 Å². The van der Waals surface area contributed by atoms with Crippen LogP contribution in [0.2, 0.25) is 5.02 Å². The van der Waals surface area contributed by atoms with Crippen molar-refractivity contribution >= 4 is 17.6 Å². The lowest BCUT2D eigenvalue weighted by molar-refractivity contribution is 0.0696. The second kappa shape index (κ2) is 7.88. The van der Waals surface area contributed by atoms with E-state index in [-0.39, 0.29) is 5.56 Å². The molecule has 0 aliphatic carbocycles. The zero-order chi connectivity index (χ0) is 16.8. The predicted octanol–water partition coefficient (Wildman–Crippen LogP) is 4.50. The fraction of sp³-hybridized carbons (Fsp3) is 0.278. The van der Waals surface area contributed by atoms with Crippen LogP contribution in [0, 0.1) is 13.8 Å². The number of hydrogen-bond acceptors (Lipinski definition) is 3. The van der Waals surface area contributed by atoms with Crippen molar-refractivity contribution in [1.82, 2.24) is 0 Å². The van der Waals surface area contributed by atoms with Gasteiger partial charge < -0.3 is 14.6 Å². The first-order valence-corrected chi connectivity index (χ1v) is 7.71. The van der Waals surface area contributed by atoms with Gasteiger partial charge in [0.05, 0.1) is 18.8 Å². The van der Waals surface area contributed by atoms with Gasteiger partial charge in [-0.2, -0.15) is 0 Å².